The van der Waals surface area contributed by atoms with E-state index in [0.29, 0.717) is 34.6 Å². The molecule has 1 fully saturated rings. The number of alkyl carbamates (subject to hydrolysis) is 1. The van der Waals surface area contributed by atoms with Gasteiger partial charge in [0, 0.05) is 61.6 Å². The van der Waals surface area contributed by atoms with Crippen LogP contribution in [0.2, 0.25) is 0 Å². The van der Waals surface area contributed by atoms with Crippen molar-refractivity contribution in [3.63, 3.8) is 0 Å². The Bertz CT molecular complexity index is 1700. The van der Waals surface area contributed by atoms with Gasteiger partial charge < -0.3 is 25.2 Å². The number of ether oxygens (including phenoxy) is 1. The topological polar surface area (TPSA) is 123 Å². The van der Waals surface area contributed by atoms with Gasteiger partial charge in [-0.2, -0.15) is 0 Å². The number of nitrogens with one attached hydrogen (secondary N) is 3. The summed E-state index contributed by atoms with van der Waals surface area (Å²) >= 11 is 0. The standard InChI is InChI=1S/C34H34N6O5/c1-38-17-19-40(20-18-38)22-30(42)39(2)26-13-11-25(12-14-26)35-32(24-7-5-4-6-8-24)31-27-15-9-23(21-28(27)36-33(31)43)10-16-29(41)37-34(44)45-3/h4-9,11-15,21,35H,17-20,22H2,1-3H3,(H,36,43)(H,37,41,44)/b32-31-. The quantitative estimate of drug-likeness (QED) is 0.289. The molecule has 11 nitrogen and oxygen atoms in total. The Kier molecular flexibility index (Phi) is 9.57. The summed E-state index contributed by atoms with van der Waals surface area (Å²) in [6, 6.07) is 22.2. The van der Waals surface area contributed by atoms with Crippen LogP contribution in [0.3, 0.4) is 0 Å². The first-order valence-corrected chi connectivity index (χ1v) is 14.4. The maximum atomic E-state index is 13.4. The lowest BCUT2D eigenvalue weighted by Gasteiger charge is -2.32. The summed E-state index contributed by atoms with van der Waals surface area (Å²) in [7, 11) is 5.02. The zero-order valence-electron chi connectivity index (χ0n) is 25.3. The largest absolute Gasteiger partial charge is 0.453 e. The summed E-state index contributed by atoms with van der Waals surface area (Å²) < 4.78 is 4.40. The van der Waals surface area contributed by atoms with Crippen LogP contribution in [0.1, 0.15) is 16.7 Å². The molecular weight excluding hydrogens is 572 g/mol. The fourth-order valence-corrected chi connectivity index (χ4v) is 5.05. The third kappa shape index (κ3) is 7.56. The Morgan fingerprint density at radius 1 is 0.978 bits per heavy atom. The molecule has 2 aliphatic heterocycles. The lowest BCUT2D eigenvalue weighted by atomic mass is 9.99. The van der Waals surface area contributed by atoms with Gasteiger partial charge in [-0.15, -0.1) is 0 Å². The average Bonchev–Trinajstić information content (AvgIpc) is 3.38. The van der Waals surface area contributed by atoms with E-state index in [1.54, 1.807) is 30.1 Å². The number of anilines is 3. The highest BCUT2D eigenvalue weighted by Crippen LogP contribution is 2.38. The number of benzene rings is 3. The molecule has 3 aromatic carbocycles. The van der Waals surface area contributed by atoms with Gasteiger partial charge in [0.15, 0.2) is 0 Å². The molecule has 0 bridgehead atoms. The minimum absolute atomic E-state index is 0.0275. The summed E-state index contributed by atoms with van der Waals surface area (Å²) in [5.41, 5.74) is 5.06. The number of nitrogens with zero attached hydrogens (tertiary/aromatic N) is 3. The van der Waals surface area contributed by atoms with Gasteiger partial charge >= 0.3 is 12.0 Å². The third-order valence-corrected chi connectivity index (χ3v) is 7.65. The van der Waals surface area contributed by atoms with Crippen LogP contribution in [-0.4, -0.2) is 87.5 Å². The van der Waals surface area contributed by atoms with Gasteiger partial charge in [-0.05, 0) is 49.0 Å². The number of imide groups is 1. The van der Waals surface area contributed by atoms with Gasteiger partial charge in [0.05, 0.1) is 30.6 Å². The third-order valence-electron chi connectivity index (χ3n) is 7.65. The Labute approximate surface area is 261 Å². The molecule has 0 radical (unpaired) electrons. The van der Waals surface area contributed by atoms with E-state index in [1.165, 1.54) is 0 Å². The number of hydrogen-bond donors (Lipinski definition) is 3. The fraction of sp³-hybridized carbons (Fsp3) is 0.235. The molecule has 0 spiro atoms. The molecule has 5 rings (SSSR count). The molecule has 0 atom stereocenters. The second-order valence-corrected chi connectivity index (χ2v) is 10.7. The number of fused-ring (bicyclic) bond motifs is 1. The van der Waals surface area contributed by atoms with Crippen LogP contribution in [0, 0.1) is 11.8 Å². The zero-order valence-corrected chi connectivity index (χ0v) is 25.3. The predicted octanol–water partition coefficient (Wildman–Crippen LogP) is 3.06. The summed E-state index contributed by atoms with van der Waals surface area (Å²) in [5, 5.41) is 8.30. The van der Waals surface area contributed by atoms with Crippen LogP contribution in [-0.2, 0) is 19.1 Å². The second-order valence-electron chi connectivity index (χ2n) is 10.7. The molecule has 0 aliphatic carbocycles. The Morgan fingerprint density at radius 2 is 1.69 bits per heavy atom. The molecule has 3 N–H and O–H groups in total. The van der Waals surface area contributed by atoms with Crippen molar-refractivity contribution >= 4 is 52.1 Å². The Morgan fingerprint density at radius 3 is 2.38 bits per heavy atom. The highest BCUT2D eigenvalue weighted by Gasteiger charge is 2.29. The number of piperazine rings is 1. The Balaban J connectivity index is 1.37. The van der Waals surface area contributed by atoms with Crippen LogP contribution >= 0.6 is 0 Å². The van der Waals surface area contributed by atoms with Crippen molar-refractivity contribution < 1.29 is 23.9 Å². The fourth-order valence-electron chi connectivity index (χ4n) is 5.05. The molecule has 2 heterocycles. The van der Waals surface area contributed by atoms with Crippen molar-refractivity contribution in [1.29, 1.82) is 0 Å². The normalized spacial score (nSPS) is 15.6. The number of carbonyl (C=O) groups is 4. The number of amides is 4. The highest BCUT2D eigenvalue weighted by molar-refractivity contribution is 6.37. The molecule has 11 heteroatoms. The lowest BCUT2D eigenvalue weighted by molar-refractivity contribution is -0.120. The first-order chi connectivity index (χ1) is 21.7. The monoisotopic (exact) mass is 606 g/mol. The lowest BCUT2D eigenvalue weighted by Crippen LogP contribution is -2.48. The van der Waals surface area contributed by atoms with Crippen molar-refractivity contribution in [2.75, 3.05) is 69.5 Å². The maximum Gasteiger partial charge on any atom is 0.414 e. The van der Waals surface area contributed by atoms with Crippen LogP contribution in [0.4, 0.5) is 21.9 Å². The van der Waals surface area contributed by atoms with E-state index in [1.807, 2.05) is 59.9 Å². The SMILES string of the molecule is COC(=O)NC(=O)C#Cc1ccc2c(c1)NC(=O)/C2=C(\Nc1ccc(N(C)C(=O)CN2CCN(C)CC2)cc1)c1ccccc1. The molecule has 230 valence electrons. The molecule has 0 unspecified atom stereocenters. The molecule has 45 heavy (non-hydrogen) atoms. The maximum absolute atomic E-state index is 13.4. The second kappa shape index (κ2) is 13.9. The molecule has 1 saturated heterocycles. The van der Waals surface area contributed by atoms with E-state index in [2.05, 4.69) is 44.1 Å². The number of likely N-dealkylation sites (N-methyl/N-ethyl adjacent to an activating group) is 2. The summed E-state index contributed by atoms with van der Waals surface area (Å²) in [4.78, 5) is 55.5. The number of hydrogen-bond acceptors (Lipinski definition) is 8. The number of methoxy groups -OCH3 is 1. The first kappa shape index (κ1) is 31.0. The number of rotatable bonds is 6. The van der Waals surface area contributed by atoms with E-state index in [4.69, 9.17) is 0 Å². The van der Waals surface area contributed by atoms with Crippen LogP contribution in [0.5, 0.6) is 0 Å². The smallest absolute Gasteiger partial charge is 0.414 e. The van der Waals surface area contributed by atoms with E-state index in [9.17, 15) is 19.2 Å². The molecular formula is C34H34N6O5. The van der Waals surface area contributed by atoms with Crippen LogP contribution in [0.25, 0.3) is 11.3 Å². The van der Waals surface area contributed by atoms with Crippen molar-refractivity contribution in [2.24, 2.45) is 0 Å². The van der Waals surface area contributed by atoms with E-state index >= 15 is 0 Å². The van der Waals surface area contributed by atoms with Crippen LogP contribution in [0.15, 0.2) is 72.8 Å². The van der Waals surface area contributed by atoms with Crippen molar-refractivity contribution in [2.45, 2.75) is 0 Å². The minimum Gasteiger partial charge on any atom is -0.453 e. The Hall–Kier alpha value is -5.44. The van der Waals surface area contributed by atoms with Gasteiger partial charge in [0.2, 0.25) is 5.91 Å². The molecule has 0 saturated carbocycles. The average molecular weight is 607 g/mol. The molecule has 2 aliphatic rings. The molecule has 0 aromatic heterocycles. The van der Waals surface area contributed by atoms with E-state index < -0.39 is 12.0 Å². The van der Waals surface area contributed by atoms with Gasteiger partial charge in [0.25, 0.3) is 5.91 Å². The van der Waals surface area contributed by atoms with Crippen LogP contribution < -0.4 is 20.9 Å². The van der Waals surface area contributed by atoms with Crippen molar-refractivity contribution in [3.05, 3.63) is 89.5 Å². The summed E-state index contributed by atoms with van der Waals surface area (Å²) in [6.45, 7) is 4.01. The van der Waals surface area contributed by atoms with Crippen molar-refractivity contribution in [1.82, 2.24) is 15.1 Å². The van der Waals surface area contributed by atoms with E-state index in [-0.39, 0.29) is 11.8 Å². The predicted molar refractivity (Wildman–Crippen MR) is 173 cm³/mol. The molecule has 4 amide bonds. The summed E-state index contributed by atoms with van der Waals surface area (Å²) in [6.07, 6.45) is -0.900. The van der Waals surface area contributed by atoms with Crippen molar-refractivity contribution in [3.8, 4) is 11.8 Å². The van der Waals surface area contributed by atoms with Gasteiger partial charge in [0.1, 0.15) is 0 Å². The summed E-state index contributed by atoms with van der Waals surface area (Å²) in [5.74, 6) is 3.95. The van der Waals surface area contributed by atoms with Gasteiger partial charge in [-0.3, -0.25) is 24.6 Å². The zero-order chi connectivity index (χ0) is 31.9. The highest BCUT2D eigenvalue weighted by atomic mass is 16.5. The van der Waals surface area contributed by atoms with Gasteiger partial charge in [-0.25, -0.2) is 4.79 Å². The first-order valence-electron chi connectivity index (χ1n) is 14.4. The minimum atomic E-state index is -0.900. The number of carbonyl (C=O) groups excluding carboxylic acids is 4. The molecule has 3 aromatic rings. The van der Waals surface area contributed by atoms with Gasteiger partial charge in [-0.1, -0.05) is 42.3 Å². The van der Waals surface area contributed by atoms with E-state index in [0.717, 1.165) is 50.2 Å².